The van der Waals surface area contributed by atoms with Gasteiger partial charge in [0.05, 0.1) is 0 Å². The first-order valence-electron chi connectivity index (χ1n) is 7.18. The van der Waals surface area contributed by atoms with Crippen LogP contribution in [0, 0.1) is 5.41 Å². The Hall–Kier alpha value is -0.280. The van der Waals surface area contributed by atoms with Gasteiger partial charge in [-0.2, -0.15) is 0 Å². The summed E-state index contributed by atoms with van der Waals surface area (Å²) in [5.41, 5.74) is 9.04. The maximum atomic E-state index is 6.38. The van der Waals surface area contributed by atoms with Gasteiger partial charge < -0.3 is 5.73 Å². The van der Waals surface area contributed by atoms with Crippen molar-refractivity contribution in [1.29, 1.82) is 0 Å². The molecule has 1 aromatic carbocycles. The average molecular weight is 317 g/mol. The minimum Gasteiger partial charge on any atom is -0.327 e. The quantitative estimate of drug-likeness (QED) is 0.916. The van der Waals surface area contributed by atoms with Crippen molar-refractivity contribution < 1.29 is 0 Å². The fraction of sp³-hybridized carbons (Fsp3) is 0.625. The van der Waals surface area contributed by atoms with Gasteiger partial charge in [0.25, 0.3) is 0 Å². The Morgan fingerprint density at radius 3 is 2.70 bits per heavy atom. The van der Waals surface area contributed by atoms with Crippen LogP contribution >= 0.6 is 24.0 Å². The van der Waals surface area contributed by atoms with Crippen LogP contribution in [0.25, 0.3) is 0 Å². The van der Waals surface area contributed by atoms with E-state index in [-0.39, 0.29) is 17.8 Å². The molecule has 1 fully saturated rings. The molecule has 1 atom stereocenters. The number of piperidine rings is 1. The average Bonchev–Trinajstić information content (AvgIpc) is 2.36. The first kappa shape index (κ1) is 17.8. The van der Waals surface area contributed by atoms with Crippen LogP contribution in [0.2, 0.25) is 5.02 Å². The van der Waals surface area contributed by atoms with Crippen LogP contribution in [0.3, 0.4) is 0 Å². The van der Waals surface area contributed by atoms with Gasteiger partial charge in [-0.05, 0) is 35.4 Å². The van der Waals surface area contributed by atoms with E-state index in [1.165, 1.54) is 11.1 Å². The van der Waals surface area contributed by atoms with E-state index in [1.807, 2.05) is 12.1 Å². The van der Waals surface area contributed by atoms with Crippen LogP contribution < -0.4 is 5.73 Å². The summed E-state index contributed by atoms with van der Waals surface area (Å²) in [6.45, 7) is 9.76. The molecule has 1 aromatic rings. The summed E-state index contributed by atoms with van der Waals surface area (Å²) >= 11 is 6.38. The Morgan fingerprint density at radius 2 is 2.10 bits per heavy atom. The number of benzene rings is 1. The molecule has 0 aliphatic carbocycles. The van der Waals surface area contributed by atoms with Gasteiger partial charge in [0.1, 0.15) is 0 Å². The molecule has 0 spiro atoms. The molecule has 0 bridgehead atoms. The van der Waals surface area contributed by atoms with Crippen LogP contribution in [0.5, 0.6) is 0 Å². The summed E-state index contributed by atoms with van der Waals surface area (Å²) in [5, 5.41) is 0.895. The van der Waals surface area contributed by atoms with E-state index in [9.17, 15) is 0 Å². The van der Waals surface area contributed by atoms with Gasteiger partial charge in [0, 0.05) is 30.7 Å². The van der Waals surface area contributed by atoms with Crippen LogP contribution in [0.1, 0.15) is 38.3 Å². The van der Waals surface area contributed by atoms with Crippen molar-refractivity contribution in [2.75, 3.05) is 13.1 Å². The highest BCUT2D eigenvalue weighted by Gasteiger charge is 2.33. The Morgan fingerprint density at radius 1 is 1.40 bits per heavy atom. The molecule has 0 aromatic heterocycles. The third-order valence-electron chi connectivity index (χ3n) is 4.37. The van der Waals surface area contributed by atoms with E-state index in [0.29, 0.717) is 6.04 Å². The van der Waals surface area contributed by atoms with Crippen LogP contribution in [0.15, 0.2) is 18.2 Å². The number of hydrogen-bond donors (Lipinski definition) is 1. The molecule has 0 saturated carbocycles. The molecule has 0 amide bonds. The van der Waals surface area contributed by atoms with Gasteiger partial charge in [-0.3, -0.25) is 4.90 Å². The molecular weight excluding hydrogens is 291 g/mol. The lowest BCUT2D eigenvalue weighted by Gasteiger charge is -2.43. The number of rotatable bonds is 3. The zero-order chi connectivity index (χ0) is 14.0. The fourth-order valence-corrected chi connectivity index (χ4v) is 3.21. The van der Waals surface area contributed by atoms with Crippen molar-refractivity contribution in [3.8, 4) is 0 Å². The molecule has 1 heterocycles. The Kier molecular flexibility index (Phi) is 6.33. The molecule has 20 heavy (non-hydrogen) atoms. The van der Waals surface area contributed by atoms with Crippen molar-refractivity contribution in [2.24, 2.45) is 11.1 Å². The van der Waals surface area contributed by atoms with E-state index in [1.54, 1.807) is 0 Å². The lowest BCUT2D eigenvalue weighted by Crippen LogP contribution is -2.52. The van der Waals surface area contributed by atoms with Crippen LogP contribution in [-0.2, 0) is 13.0 Å². The number of nitrogens with zero attached hydrogens (tertiary/aromatic N) is 1. The van der Waals surface area contributed by atoms with Crippen molar-refractivity contribution in [1.82, 2.24) is 4.90 Å². The zero-order valence-corrected chi connectivity index (χ0v) is 14.2. The second-order valence-electron chi connectivity index (χ2n) is 6.33. The molecule has 2 rings (SSSR count). The topological polar surface area (TPSA) is 29.3 Å². The van der Waals surface area contributed by atoms with E-state index < -0.39 is 0 Å². The molecule has 114 valence electrons. The zero-order valence-electron chi connectivity index (χ0n) is 12.7. The van der Waals surface area contributed by atoms with E-state index in [2.05, 4.69) is 31.7 Å². The van der Waals surface area contributed by atoms with Gasteiger partial charge in [-0.15, -0.1) is 12.4 Å². The lowest BCUT2D eigenvalue weighted by atomic mass is 9.79. The molecule has 1 unspecified atom stereocenters. The summed E-state index contributed by atoms with van der Waals surface area (Å²) in [6, 6.07) is 6.53. The van der Waals surface area contributed by atoms with Gasteiger partial charge in [-0.1, -0.05) is 44.5 Å². The predicted octanol–water partition coefficient (Wildman–Crippen LogP) is 3.88. The second-order valence-corrected chi connectivity index (χ2v) is 6.73. The molecular formula is C16H26Cl2N2. The summed E-state index contributed by atoms with van der Waals surface area (Å²) in [5.74, 6) is 0. The highest BCUT2D eigenvalue weighted by Crippen LogP contribution is 2.30. The molecule has 2 nitrogen and oxygen atoms in total. The highest BCUT2D eigenvalue weighted by molar-refractivity contribution is 6.31. The van der Waals surface area contributed by atoms with Gasteiger partial charge in [0.2, 0.25) is 0 Å². The third kappa shape index (κ3) is 3.88. The summed E-state index contributed by atoms with van der Waals surface area (Å²) in [6.07, 6.45) is 2.10. The first-order valence-corrected chi connectivity index (χ1v) is 7.56. The molecule has 0 radical (unpaired) electrons. The minimum atomic E-state index is 0. The minimum absolute atomic E-state index is 0. The standard InChI is InChI=1S/C16H25ClN2.ClH/c1-4-12-6-5-7-14(17)13(12)10-19-9-8-15(18)16(2,3)11-19;/h5-7,15H,4,8-11,18H2,1-3H3;1H. The van der Waals surface area contributed by atoms with Crippen molar-refractivity contribution in [2.45, 2.75) is 46.2 Å². The van der Waals surface area contributed by atoms with Crippen molar-refractivity contribution >= 4 is 24.0 Å². The maximum Gasteiger partial charge on any atom is 0.0453 e. The first-order chi connectivity index (χ1) is 8.94. The second kappa shape index (κ2) is 7.13. The SMILES string of the molecule is CCc1cccc(Cl)c1CN1CCC(N)C(C)(C)C1.Cl. The van der Waals surface area contributed by atoms with Gasteiger partial charge >= 0.3 is 0 Å². The monoisotopic (exact) mass is 316 g/mol. The molecule has 1 aliphatic heterocycles. The number of hydrogen-bond acceptors (Lipinski definition) is 2. The predicted molar refractivity (Wildman–Crippen MR) is 89.7 cm³/mol. The van der Waals surface area contributed by atoms with Crippen molar-refractivity contribution in [3.05, 3.63) is 34.3 Å². The summed E-state index contributed by atoms with van der Waals surface area (Å²) < 4.78 is 0. The number of nitrogens with two attached hydrogens (primary N) is 1. The van der Waals surface area contributed by atoms with E-state index >= 15 is 0 Å². The van der Waals surface area contributed by atoms with Gasteiger partial charge in [0.15, 0.2) is 0 Å². The largest absolute Gasteiger partial charge is 0.327 e. The fourth-order valence-electron chi connectivity index (χ4n) is 2.96. The Balaban J connectivity index is 0.00000200. The summed E-state index contributed by atoms with van der Waals surface area (Å²) in [4.78, 5) is 2.49. The van der Waals surface area contributed by atoms with Crippen LogP contribution in [0.4, 0.5) is 0 Å². The third-order valence-corrected chi connectivity index (χ3v) is 4.72. The summed E-state index contributed by atoms with van der Waals surface area (Å²) in [7, 11) is 0. The van der Waals surface area contributed by atoms with E-state index in [4.69, 9.17) is 17.3 Å². The molecule has 4 heteroatoms. The maximum absolute atomic E-state index is 6.38. The molecule has 1 aliphatic rings. The van der Waals surface area contributed by atoms with Gasteiger partial charge in [-0.25, -0.2) is 0 Å². The Labute approximate surface area is 134 Å². The molecule has 2 N–H and O–H groups in total. The number of likely N-dealkylation sites (tertiary alicyclic amines) is 1. The Bertz CT molecular complexity index is 446. The number of halogens is 2. The highest BCUT2D eigenvalue weighted by atomic mass is 35.5. The van der Waals surface area contributed by atoms with Crippen molar-refractivity contribution in [3.63, 3.8) is 0 Å². The normalized spacial score (nSPS) is 22.4. The molecule has 1 saturated heterocycles. The smallest absolute Gasteiger partial charge is 0.0453 e. The lowest BCUT2D eigenvalue weighted by molar-refractivity contribution is 0.0897. The van der Waals surface area contributed by atoms with Crippen LogP contribution in [-0.4, -0.2) is 24.0 Å². The van der Waals surface area contributed by atoms with E-state index in [0.717, 1.165) is 37.5 Å². The number of aryl methyl sites for hydroxylation is 1.